The van der Waals surface area contributed by atoms with Gasteiger partial charge in [-0.1, -0.05) is 0 Å². The largest absolute Gasteiger partial charge is 0.370 e. The summed E-state index contributed by atoms with van der Waals surface area (Å²) in [6, 6.07) is 2.80. The lowest BCUT2D eigenvalue weighted by Crippen LogP contribution is -2.27. The Balaban J connectivity index is 2.59. The molecule has 0 fully saturated rings. The first-order valence-corrected chi connectivity index (χ1v) is 4.52. The number of hydrogen-bond donors (Lipinski definition) is 2. The van der Waals surface area contributed by atoms with Gasteiger partial charge in [0.05, 0.1) is 0 Å². The Morgan fingerprint density at radius 3 is 2.50 bits per heavy atom. The number of nitrogens with one attached hydrogen (secondary N) is 1. The van der Waals surface area contributed by atoms with E-state index in [4.69, 9.17) is 5.73 Å². The maximum Gasteiger partial charge on any atom is 0.251 e. The molecule has 0 atom stereocenters. The van der Waals surface area contributed by atoms with E-state index in [0.717, 1.165) is 18.2 Å². The predicted octanol–water partition coefficient (Wildman–Crippen LogP) is 0.570. The van der Waals surface area contributed by atoms with Gasteiger partial charge in [0.15, 0.2) is 11.6 Å². The Bertz CT molecular complexity index is 421. The highest BCUT2D eigenvalue weighted by atomic mass is 19.2. The van der Waals surface area contributed by atoms with Crippen LogP contribution in [-0.4, -0.2) is 18.4 Å². The molecule has 16 heavy (non-hydrogen) atoms. The summed E-state index contributed by atoms with van der Waals surface area (Å²) < 4.78 is 25.3. The molecule has 4 nitrogen and oxygen atoms in total. The maximum atomic E-state index is 12.8. The lowest BCUT2D eigenvalue weighted by molar-refractivity contribution is -0.117. The van der Waals surface area contributed by atoms with Crippen LogP contribution in [0.4, 0.5) is 8.78 Å². The summed E-state index contributed by atoms with van der Waals surface area (Å²) in [5.41, 5.74) is 4.85. The van der Waals surface area contributed by atoms with Gasteiger partial charge in [0, 0.05) is 18.5 Å². The molecule has 0 spiro atoms. The fourth-order valence-corrected chi connectivity index (χ4v) is 1.04. The average Bonchev–Trinajstić information content (AvgIpc) is 2.21. The van der Waals surface area contributed by atoms with E-state index < -0.39 is 23.4 Å². The van der Waals surface area contributed by atoms with Crippen LogP contribution in [0.1, 0.15) is 16.8 Å². The van der Waals surface area contributed by atoms with E-state index in [-0.39, 0.29) is 18.5 Å². The SMILES string of the molecule is NC(=O)CCNC(=O)c1ccc(F)c(F)c1. The molecule has 6 heteroatoms. The smallest absolute Gasteiger partial charge is 0.251 e. The highest BCUT2D eigenvalue weighted by molar-refractivity contribution is 5.94. The minimum atomic E-state index is -1.09. The van der Waals surface area contributed by atoms with Gasteiger partial charge in [-0.05, 0) is 18.2 Å². The molecule has 0 radical (unpaired) electrons. The van der Waals surface area contributed by atoms with Crippen molar-refractivity contribution in [3.8, 4) is 0 Å². The summed E-state index contributed by atoms with van der Waals surface area (Å²) in [6.07, 6.45) is -0.00455. The van der Waals surface area contributed by atoms with Crippen molar-refractivity contribution in [3.05, 3.63) is 35.4 Å². The van der Waals surface area contributed by atoms with Crippen molar-refractivity contribution in [2.24, 2.45) is 5.73 Å². The van der Waals surface area contributed by atoms with Crippen molar-refractivity contribution < 1.29 is 18.4 Å². The Hall–Kier alpha value is -1.98. The summed E-state index contributed by atoms with van der Waals surface area (Å²) in [4.78, 5) is 21.7. The van der Waals surface area contributed by atoms with Crippen molar-refractivity contribution in [3.63, 3.8) is 0 Å². The van der Waals surface area contributed by atoms with Crippen LogP contribution in [0.15, 0.2) is 18.2 Å². The second-order valence-electron chi connectivity index (χ2n) is 3.10. The molecule has 0 aromatic heterocycles. The monoisotopic (exact) mass is 228 g/mol. The van der Waals surface area contributed by atoms with Crippen LogP contribution in [-0.2, 0) is 4.79 Å². The highest BCUT2D eigenvalue weighted by Crippen LogP contribution is 2.08. The normalized spacial score (nSPS) is 9.88. The molecule has 0 saturated heterocycles. The number of benzene rings is 1. The van der Waals surface area contributed by atoms with Gasteiger partial charge >= 0.3 is 0 Å². The van der Waals surface area contributed by atoms with Gasteiger partial charge in [0.25, 0.3) is 5.91 Å². The molecule has 0 aliphatic rings. The lowest BCUT2D eigenvalue weighted by Gasteiger charge is -2.03. The van der Waals surface area contributed by atoms with Crippen molar-refractivity contribution in [2.45, 2.75) is 6.42 Å². The summed E-state index contributed by atoms with van der Waals surface area (Å²) in [6.45, 7) is 0.0627. The fourth-order valence-electron chi connectivity index (χ4n) is 1.04. The molecule has 1 rings (SSSR count). The Labute approximate surface area is 90.4 Å². The molecular weight excluding hydrogens is 218 g/mol. The van der Waals surface area contributed by atoms with E-state index in [9.17, 15) is 18.4 Å². The number of rotatable bonds is 4. The molecule has 1 aromatic rings. The van der Waals surface area contributed by atoms with Gasteiger partial charge in [-0.25, -0.2) is 8.78 Å². The number of carbonyl (C=O) groups excluding carboxylic acids is 2. The van der Waals surface area contributed by atoms with E-state index in [1.807, 2.05) is 0 Å². The Kier molecular flexibility index (Phi) is 3.93. The first-order valence-electron chi connectivity index (χ1n) is 4.52. The standard InChI is InChI=1S/C10H10F2N2O2/c11-7-2-1-6(5-8(7)12)10(16)14-4-3-9(13)15/h1-2,5H,3-4H2,(H2,13,15)(H,14,16). The first-order chi connectivity index (χ1) is 7.50. The molecule has 0 unspecified atom stereocenters. The Morgan fingerprint density at radius 1 is 1.25 bits per heavy atom. The third kappa shape index (κ3) is 3.30. The third-order valence-corrected chi connectivity index (χ3v) is 1.84. The van der Waals surface area contributed by atoms with Crippen molar-refractivity contribution in [1.29, 1.82) is 0 Å². The summed E-state index contributed by atoms with van der Waals surface area (Å²) in [7, 11) is 0. The highest BCUT2D eigenvalue weighted by Gasteiger charge is 2.09. The summed E-state index contributed by atoms with van der Waals surface area (Å²) in [5.74, 6) is -3.25. The molecule has 0 bridgehead atoms. The van der Waals surface area contributed by atoms with Crippen molar-refractivity contribution in [2.75, 3.05) is 6.54 Å². The molecule has 86 valence electrons. The average molecular weight is 228 g/mol. The van der Waals surface area contributed by atoms with Crippen molar-refractivity contribution in [1.82, 2.24) is 5.32 Å². The van der Waals surface area contributed by atoms with Gasteiger partial charge in [0.1, 0.15) is 0 Å². The zero-order valence-corrected chi connectivity index (χ0v) is 8.30. The molecule has 2 amide bonds. The molecule has 0 aliphatic heterocycles. The maximum absolute atomic E-state index is 12.8. The lowest BCUT2D eigenvalue weighted by atomic mass is 10.2. The number of primary amides is 1. The molecule has 0 aliphatic carbocycles. The van der Waals surface area contributed by atoms with Crippen LogP contribution in [0.2, 0.25) is 0 Å². The second-order valence-corrected chi connectivity index (χ2v) is 3.10. The van der Waals surface area contributed by atoms with Gasteiger partial charge in [-0.3, -0.25) is 9.59 Å². The van der Waals surface area contributed by atoms with Crippen LogP contribution in [0.25, 0.3) is 0 Å². The number of amides is 2. The quantitative estimate of drug-likeness (QED) is 0.790. The molecule has 0 heterocycles. The molecular formula is C10H10F2N2O2. The number of nitrogens with two attached hydrogens (primary N) is 1. The number of carbonyl (C=O) groups is 2. The van der Waals surface area contributed by atoms with Crippen LogP contribution in [0.3, 0.4) is 0 Å². The predicted molar refractivity (Wildman–Crippen MR) is 52.5 cm³/mol. The van der Waals surface area contributed by atoms with Gasteiger partial charge in [-0.2, -0.15) is 0 Å². The van der Waals surface area contributed by atoms with Gasteiger partial charge in [-0.15, -0.1) is 0 Å². The summed E-state index contributed by atoms with van der Waals surface area (Å²) >= 11 is 0. The minimum Gasteiger partial charge on any atom is -0.370 e. The van der Waals surface area contributed by atoms with Crippen LogP contribution < -0.4 is 11.1 Å². The van der Waals surface area contributed by atoms with Crippen LogP contribution in [0.5, 0.6) is 0 Å². The van der Waals surface area contributed by atoms with Crippen LogP contribution >= 0.6 is 0 Å². The van der Waals surface area contributed by atoms with Gasteiger partial charge in [0.2, 0.25) is 5.91 Å². The minimum absolute atomic E-state index is 0.00455. The number of halogens is 2. The van der Waals surface area contributed by atoms with Gasteiger partial charge < -0.3 is 11.1 Å². The Morgan fingerprint density at radius 2 is 1.94 bits per heavy atom. The van der Waals surface area contributed by atoms with E-state index in [2.05, 4.69) is 5.32 Å². The second kappa shape index (κ2) is 5.20. The molecule has 0 saturated carbocycles. The third-order valence-electron chi connectivity index (χ3n) is 1.84. The van der Waals surface area contributed by atoms with Crippen LogP contribution in [0, 0.1) is 11.6 Å². The molecule has 1 aromatic carbocycles. The fraction of sp³-hybridized carbons (Fsp3) is 0.200. The van der Waals surface area contributed by atoms with Crippen molar-refractivity contribution >= 4 is 11.8 Å². The number of hydrogen-bond acceptors (Lipinski definition) is 2. The first kappa shape index (κ1) is 12.1. The zero-order valence-electron chi connectivity index (χ0n) is 8.30. The topological polar surface area (TPSA) is 72.2 Å². The van der Waals surface area contributed by atoms with E-state index in [0.29, 0.717) is 0 Å². The van der Waals surface area contributed by atoms with E-state index >= 15 is 0 Å². The summed E-state index contributed by atoms with van der Waals surface area (Å²) in [5, 5.41) is 2.35. The zero-order chi connectivity index (χ0) is 12.1. The molecule has 3 N–H and O–H groups in total. The van der Waals surface area contributed by atoms with E-state index in [1.54, 1.807) is 0 Å². The van der Waals surface area contributed by atoms with E-state index in [1.165, 1.54) is 0 Å².